The van der Waals surface area contributed by atoms with Crippen molar-refractivity contribution >= 4 is 17.9 Å². The molecule has 154 valence electrons. The predicted molar refractivity (Wildman–Crippen MR) is 112 cm³/mol. The third-order valence-corrected chi connectivity index (χ3v) is 4.48. The van der Waals surface area contributed by atoms with Crippen molar-refractivity contribution in [1.82, 2.24) is 10.0 Å². The van der Waals surface area contributed by atoms with Crippen LogP contribution >= 0.6 is 0 Å². The van der Waals surface area contributed by atoms with E-state index >= 15 is 0 Å². The molecule has 0 aliphatic heterocycles. The molecular formula is C23H28N2O4. The maximum Gasteiger partial charge on any atom is 0.434 e. The van der Waals surface area contributed by atoms with Gasteiger partial charge in [-0.05, 0) is 70.9 Å². The van der Waals surface area contributed by atoms with Gasteiger partial charge in [0.25, 0.3) is 11.8 Å². The number of hydrogen-bond acceptors (Lipinski definition) is 3. The average molecular weight is 396 g/mol. The summed E-state index contributed by atoms with van der Waals surface area (Å²) in [5.74, 6) is -1.32. The first kappa shape index (κ1) is 22.1. The lowest BCUT2D eigenvalue weighted by Gasteiger charge is -2.40. The average Bonchev–Trinajstić information content (AvgIpc) is 2.63. The minimum Gasteiger partial charge on any atom is -0.463 e. The maximum absolute atomic E-state index is 13.3. The van der Waals surface area contributed by atoms with E-state index in [1.807, 2.05) is 26.8 Å². The van der Waals surface area contributed by atoms with E-state index < -0.39 is 23.4 Å². The Labute approximate surface area is 171 Å². The van der Waals surface area contributed by atoms with Crippen LogP contribution in [-0.4, -0.2) is 38.6 Å². The molecule has 0 aliphatic carbocycles. The number of carbonyl (C=O) groups is 3. The van der Waals surface area contributed by atoms with Crippen molar-refractivity contribution in [2.24, 2.45) is 0 Å². The van der Waals surface area contributed by atoms with Gasteiger partial charge in [-0.15, -0.1) is 5.01 Å². The molecule has 0 saturated heterocycles. The number of nitrogens with zero attached hydrogens (tertiary/aromatic N) is 2. The highest BCUT2D eigenvalue weighted by Gasteiger charge is 2.40. The second kappa shape index (κ2) is 8.47. The number of carbonyl (C=O) groups excluding carboxylic acids is 2. The zero-order valence-electron chi connectivity index (χ0n) is 17.8. The van der Waals surface area contributed by atoms with E-state index in [0.717, 1.165) is 28.1 Å². The minimum atomic E-state index is -1.51. The van der Waals surface area contributed by atoms with Crippen LogP contribution in [0.4, 0.5) is 4.79 Å². The highest BCUT2D eigenvalue weighted by Crippen LogP contribution is 2.24. The fourth-order valence-corrected chi connectivity index (χ4v) is 3.18. The smallest absolute Gasteiger partial charge is 0.434 e. The third-order valence-electron chi connectivity index (χ3n) is 4.48. The van der Waals surface area contributed by atoms with E-state index in [9.17, 15) is 19.5 Å². The highest BCUT2D eigenvalue weighted by atomic mass is 16.4. The van der Waals surface area contributed by atoms with Crippen LogP contribution < -0.4 is 0 Å². The minimum absolute atomic E-state index is 0.201. The van der Waals surface area contributed by atoms with Crippen molar-refractivity contribution in [1.29, 1.82) is 0 Å². The Morgan fingerprint density at radius 1 is 0.862 bits per heavy atom. The van der Waals surface area contributed by atoms with Crippen LogP contribution in [0.1, 0.15) is 65.1 Å². The van der Waals surface area contributed by atoms with E-state index in [1.165, 1.54) is 0 Å². The normalized spacial score (nSPS) is 11.1. The lowest BCUT2D eigenvalue weighted by molar-refractivity contribution is -0.0330. The molecule has 0 saturated carbocycles. The van der Waals surface area contributed by atoms with Gasteiger partial charge < -0.3 is 5.11 Å². The molecular weight excluding hydrogens is 368 g/mol. The van der Waals surface area contributed by atoms with Crippen LogP contribution in [0.25, 0.3) is 0 Å². The zero-order chi connectivity index (χ0) is 21.9. The van der Waals surface area contributed by atoms with Gasteiger partial charge in [-0.25, -0.2) is 9.80 Å². The lowest BCUT2D eigenvalue weighted by atomic mass is 10.0. The molecule has 29 heavy (non-hydrogen) atoms. The highest BCUT2D eigenvalue weighted by molar-refractivity contribution is 6.05. The van der Waals surface area contributed by atoms with Crippen LogP contribution in [0, 0.1) is 13.8 Å². The fraction of sp³-hybridized carbons (Fsp3) is 0.348. The molecule has 1 N–H and O–H groups in total. The van der Waals surface area contributed by atoms with Gasteiger partial charge in [0.15, 0.2) is 0 Å². The first-order valence-electron chi connectivity index (χ1n) is 9.54. The topological polar surface area (TPSA) is 77.9 Å². The SMILES string of the molecule is CCc1ccc(C(=O)N(C(=O)O)N(C(=O)c2cc(C)cc(C)c2)C(C)(C)C)cc1. The quantitative estimate of drug-likeness (QED) is 0.753. The molecule has 0 aromatic heterocycles. The van der Waals surface area contributed by atoms with Gasteiger partial charge in [0.2, 0.25) is 0 Å². The summed E-state index contributed by atoms with van der Waals surface area (Å²) < 4.78 is 0. The number of hydrogen-bond donors (Lipinski definition) is 1. The van der Waals surface area contributed by atoms with Crippen LogP contribution in [0.5, 0.6) is 0 Å². The Balaban J connectivity index is 2.55. The van der Waals surface area contributed by atoms with Crippen LogP contribution in [-0.2, 0) is 6.42 Å². The Morgan fingerprint density at radius 2 is 1.38 bits per heavy atom. The number of aryl methyl sites for hydroxylation is 3. The molecule has 0 atom stereocenters. The molecule has 0 radical (unpaired) electrons. The van der Waals surface area contributed by atoms with E-state index in [1.54, 1.807) is 57.2 Å². The van der Waals surface area contributed by atoms with Crippen LogP contribution in [0.3, 0.4) is 0 Å². The standard InChI is InChI=1S/C23H28N2O4/c1-7-17-8-10-18(11-9-17)20(26)24(22(28)29)25(23(4,5)6)21(27)19-13-15(2)12-16(3)14-19/h8-14H,7H2,1-6H3,(H,28,29). The van der Waals surface area contributed by atoms with Gasteiger partial charge in [-0.2, -0.15) is 0 Å². The monoisotopic (exact) mass is 396 g/mol. The van der Waals surface area contributed by atoms with Gasteiger partial charge in [0.05, 0.1) is 5.54 Å². The molecule has 3 amide bonds. The summed E-state index contributed by atoms with van der Waals surface area (Å²) in [5, 5.41) is 11.4. The molecule has 0 fully saturated rings. The van der Waals surface area contributed by atoms with E-state index in [0.29, 0.717) is 10.6 Å². The zero-order valence-corrected chi connectivity index (χ0v) is 17.8. The lowest BCUT2D eigenvalue weighted by Crippen LogP contribution is -2.59. The summed E-state index contributed by atoms with van der Waals surface area (Å²) >= 11 is 0. The predicted octanol–water partition coefficient (Wildman–Crippen LogP) is 4.84. The van der Waals surface area contributed by atoms with Crippen molar-refractivity contribution in [3.05, 3.63) is 70.3 Å². The van der Waals surface area contributed by atoms with Gasteiger partial charge >= 0.3 is 6.09 Å². The molecule has 0 aliphatic rings. The molecule has 6 nitrogen and oxygen atoms in total. The second-order valence-corrected chi connectivity index (χ2v) is 8.11. The summed E-state index contributed by atoms with van der Waals surface area (Å²) in [4.78, 5) is 38.5. The second-order valence-electron chi connectivity index (χ2n) is 8.11. The first-order chi connectivity index (χ1) is 13.5. The summed E-state index contributed by atoms with van der Waals surface area (Å²) in [5.41, 5.74) is 2.37. The summed E-state index contributed by atoms with van der Waals surface area (Å²) in [6, 6.07) is 12.0. The van der Waals surface area contributed by atoms with Crippen molar-refractivity contribution < 1.29 is 19.5 Å². The molecule has 0 spiro atoms. The number of amides is 3. The molecule has 2 aromatic rings. The Bertz CT molecular complexity index is 907. The third kappa shape index (κ3) is 5.02. The van der Waals surface area contributed by atoms with Crippen LogP contribution in [0.2, 0.25) is 0 Å². The molecule has 2 aromatic carbocycles. The largest absolute Gasteiger partial charge is 0.463 e. The number of benzene rings is 2. The van der Waals surface area contributed by atoms with Gasteiger partial charge in [-0.3, -0.25) is 9.59 Å². The summed E-state index contributed by atoms with van der Waals surface area (Å²) in [6.07, 6.45) is -0.710. The maximum atomic E-state index is 13.3. The summed E-state index contributed by atoms with van der Waals surface area (Å²) in [7, 11) is 0. The van der Waals surface area contributed by atoms with E-state index in [4.69, 9.17) is 0 Å². The molecule has 0 bridgehead atoms. The van der Waals surface area contributed by atoms with E-state index in [-0.39, 0.29) is 5.56 Å². The van der Waals surface area contributed by atoms with Gasteiger partial charge in [-0.1, -0.05) is 36.2 Å². The fourth-order valence-electron chi connectivity index (χ4n) is 3.18. The molecule has 2 rings (SSSR count). The van der Waals surface area contributed by atoms with Crippen molar-refractivity contribution in [2.45, 2.75) is 53.5 Å². The van der Waals surface area contributed by atoms with Crippen LogP contribution in [0.15, 0.2) is 42.5 Å². The summed E-state index contributed by atoms with van der Waals surface area (Å²) in [6.45, 7) is 10.8. The number of imide groups is 1. The van der Waals surface area contributed by atoms with E-state index in [2.05, 4.69) is 0 Å². The molecule has 6 heteroatoms. The number of rotatable bonds is 3. The van der Waals surface area contributed by atoms with Gasteiger partial charge in [0.1, 0.15) is 0 Å². The first-order valence-corrected chi connectivity index (χ1v) is 9.54. The van der Waals surface area contributed by atoms with Crippen molar-refractivity contribution in [2.75, 3.05) is 0 Å². The van der Waals surface area contributed by atoms with Crippen molar-refractivity contribution in [3.8, 4) is 0 Å². The molecule has 0 unspecified atom stereocenters. The van der Waals surface area contributed by atoms with Gasteiger partial charge in [0, 0.05) is 11.1 Å². The Kier molecular flexibility index (Phi) is 6.47. The van der Waals surface area contributed by atoms with Crippen molar-refractivity contribution in [3.63, 3.8) is 0 Å². The number of hydrazine groups is 1. The number of carboxylic acid groups (broad SMARTS) is 1. The Morgan fingerprint density at radius 3 is 1.79 bits per heavy atom. The Hall–Kier alpha value is -3.15. The molecule has 0 heterocycles.